The number of hydrogen-bond acceptors (Lipinski definition) is 6. The summed E-state index contributed by atoms with van der Waals surface area (Å²) in [5.74, 6) is 0.553. The SMILES string of the molecule is COc1ccc(C2=C(C)C(=O)N(Cc3ccc(C(=O)N[C@@H](C)Cc4ccco4)cc3)S2(=O)=O)cc1. The quantitative estimate of drug-likeness (QED) is 0.511. The number of amides is 2. The molecule has 1 aromatic heterocycles. The first kappa shape index (κ1) is 24.3. The van der Waals surface area contributed by atoms with Gasteiger partial charge in [-0.05, 0) is 73.5 Å². The summed E-state index contributed by atoms with van der Waals surface area (Å²) in [6.45, 7) is 3.26. The monoisotopic (exact) mass is 494 g/mol. The van der Waals surface area contributed by atoms with Gasteiger partial charge in [0, 0.05) is 23.6 Å². The van der Waals surface area contributed by atoms with Crippen LogP contribution in [0.15, 0.2) is 76.9 Å². The maximum absolute atomic E-state index is 13.2. The first-order chi connectivity index (χ1) is 16.7. The van der Waals surface area contributed by atoms with Crippen LogP contribution in [0, 0.1) is 0 Å². The van der Waals surface area contributed by atoms with Gasteiger partial charge in [-0.3, -0.25) is 9.59 Å². The predicted octanol–water partition coefficient (Wildman–Crippen LogP) is 3.75. The number of sulfonamides is 1. The average molecular weight is 495 g/mol. The molecule has 0 saturated carbocycles. The molecular formula is C26H26N2O6S. The minimum atomic E-state index is -4.03. The molecule has 0 spiro atoms. The third-order valence-corrected chi connectivity index (χ3v) is 7.73. The Hall–Kier alpha value is -3.85. The number of methoxy groups -OCH3 is 1. The van der Waals surface area contributed by atoms with Crippen LogP contribution >= 0.6 is 0 Å². The highest BCUT2D eigenvalue weighted by Gasteiger charge is 2.42. The number of carbonyl (C=O) groups excluding carboxylic acids is 2. The average Bonchev–Trinajstić information content (AvgIpc) is 3.40. The molecule has 1 atom stereocenters. The van der Waals surface area contributed by atoms with Crippen LogP contribution in [0.1, 0.15) is 41.1 Å². The summed E-state index contributed by atoms with van der Waals surface area (Å²) in [6.07, 6.45) is 2.15. The van der Waals surface area contributed by atoms with Gasteiger partial charge in [0.05, 0.1) is 19.9 Å². The molecule has 2 heterocycles. The number of benzene rings is 2. The second kappa shape index (κ2) is 9.79. The molecule has 182 valence electrons. The number of nitrogens with one attached hydrogen (secondary N) is 1. The molecule has 2 amide bonds. The van der Waals surface area contributed by atoms with Gasteiger partial charge in [-0.2, -0.15) is 0 Å². The Kier molecular flexibility index (Phi) is 6.79. The molecule has 0 unspecified atom stereocenters. The van der Waals surface area contributed by atoms with Gasteiger partial charge in [-0.15, -0.1) is 0 Å². The lowest BCUT2D eigenvalue weighted by Crippen LogP contribution is -2.34. The van der Waals surface area contributed by atoms with Crippen LogP contribution in [0.4, 0.5) is 0 Å². The van der Waals surface area contributed by atoms with Crippen molar-refractivity contribution in [1.29, 1.82) is 0 Å². The highest BCUT2D eigenvalue weighted by atomic mass is 32.2. The highest BCUT2D eigenvalue weighted by molar-refractivity contribution is 7.99. The Morgan fingerprint density at radius 3 is 2.37 bits per heavy atom. The molecule has 4 rings (SSSR count). The lowest BCUT2D eigenvalue weighted by atomic mass is 10.1. The number of furan rings is 1. The van der Waals surface area contributed by atoms with E-state index in [0.717, 1.165) is 10.1 Å². The van der Waals surface area contributed by atoms with Crippen molar-refractivity contribution >= 4 is 26.7 Å². The lowest BCUT2D eigenvalue weighted by Gasteiger charge is -2.17. The number of carbonyl (C=O) groups is 2. The van der Waals surface area contributed by atoms with Crippen LogP contribution in [0.5, 0.6) is 5.75 Å². The standard InChI is InChI=1S/C26H26N2O6S/c1-17(15-23-5-4-14-34-23)27-25(29)21-8-6-19(7-9-21)16-28-26(30)18(2)24(35(28,31)32)20-10-12-22(33-3)13-11-20/h4-14,17H,15-16H2,1-3H3,(H,27,29)/t17-/m0/s1. The van der Waals surface area contributed by atoms with E-state index >= 15 is 0 Å². The first-order valence-corrected chi connectivity index (χ1v) is 12.5. The molecule has 2 aromatic carbocycles. The molecule has 0 aliphatic carbocycles. The van der Waals surface area contributed by atoms with Crippen LogP contribution < -0.4 is 10.1 Å². The van der Waals surface area contributed by atoms with Crippen LogP contribution in [0.25, 0.3) is 4.91 Å². The Labute approximate surface area is 204 Å². The highest BCUT2D eigenvalue weighted by Crippen LogP contribution is 2.37. The van der Waals surface area contributed by atoms with E-state index in [4.69, 9.17) is 9.15 Å². The predicted molar refractivity (Wildman–Crippen MR) is 131 cm³/mol. The molecular weight excluding hydrogens is 468 g/mol. The van der Waals surface area contributed by atoms with Gasteiger partial charge < -0.3 is 14.5 Å². The van der Waals surface area contributed by atoms with Gasteiger partial charge in [0.25, 0.3) is 21.8 Å². The summed E-state index contributed by atoms with van der Waals surface area (Å²) >= 11 is 0. The summed E-state index contributed by atoms with van der Waals surface area (Å²) in [7, 11) is -2.51. The molecule has 1 N–H and O–H groups in total. The summed E-state index contributed by atoms with van der Waals surface area (Å²) in [5.41, 5.74) is 1.61. The van der Waals surface area contributed by atoms with Crippen LogP contribution in [-0.2, 0) is 27.8 Å². The van der Waals surface area contributed by atoms with Crippen LogP contribution in [0.3, 0.4) is 0 Å². The Morgan fingerprint density at radius 2 is 1.77 bits per heavy atom. The fourth-order valence-corrected chi connectivity index (χ4v) is 5.78. The maximum atomic E-state index is 13.2. The van der Waals surface area contributed by atoms with Gasteiger partial charge in [-0.25, -0.2) is 12.7 Å². The number of ether oxygens (including phenoxy) is 1. The fourth-order valence-electron chi connectivity index (χ4n) is 3.98. The van der Waals surface area contributed by atoms with Gasteiger partial charge in [0.1, 0.15) is 16.4 Å². The van der Waals surface area contributed by atoms with Crippen molar-refractivity contribution in [3.63, 3.8) is 0 Å². The van der Waals surface area contributed by atoms with Crippen molar-refractivity contribution in [2.24, 2.45) is 0 Å². The second-order valence-corrected chi connectivity index (χ2v) is 10.2. The van der Waals surface area contributed by atoms with Crippen LogP contribution in [-0.4, -0.2) is 37.7 Å². The summed E-state index contributed by atoms with van der Waals surface area (Å²) in [4.78, 5) is 25.4. The van der Waals surface area contributed by atoms with E-state index in [0.29, 0.717) is 28.9 Å². The zero-order chi connectivity index (χ0) is 25.2. The maximum Gasteiger partial charge on any atom is 0.268 e. The molecule has 8 nitrogen and oxygen atoms in total. The van der Waals surface area contributed by atoms with E-state index in [1.54, 1.807) is 60.9 Å². The molecule has 35 heavy (non-hydrogen) atoms. The van der Waals surface area contributed by atoms with Gasteiger partial charge in [-0.1, -0.05) is 12.1 Å². The molecule has 9 heteroatoms. The Morgan fingerprint density at radius 1 is 1.09 bits per heavy atom. The van der Waals surface area contributed by atoms with E-state index < -0.39 is 15.9 Å². The third-order valence-electron chi connectivity index (χ3n) is 5.80. The molecule has 1 aliphatic rings. The zero-order valence-electron chi connectivity index (χ0n) is 19.6. The molecule has 0 saturated heterocycles. The minimum absolute atomic E-state index is 0.00769. The van der Waals surface area contributed by atoms with Gasteiger partial charge in [0.15, 0.2) is 0 Å². The molecule has 0 bridgehead atoms. The summed E-state index contributed by atoms with van der Waals surface area (Å²) in [5, 5.41) is 2.91. The van der Waals surface area contributed by atoms with Crippen molar-refractivity contribution in [3.05, 3.63) is 95.0 Å². The Balaban J connectivity index is 1.45. The molecule has 0 radical (unpaired) electrons. The first-order valence-electron chi connectivity index (χ1n) is 11.0. The normalized spacial score (nSPS) is 15.9. The second-order valence-electron chi connectivity index (χ2n) is 8.35. The smallest absolute Gasteiger partial charge is 0.268 e. The zero-order valence-corrected chi connectivity index (χ0v) is 20.5. The third kappa shape index (κ3) is 5.00. The number of rotatable bonds is 8. The topological polar surface area (TPSA) is 106 Å². The van der Waals surface area contributed by atoms with Crippen molar-refractivity contribution in [2.45, 2.75) is 32.9 Å². The van der Waals surface area contributed by atoms with Gasteiger partial charge >= 0.3 is 0 Å². The fraction of sp³-hybridized carbons (Fsp3) is 0.231. The molecule has 3 aromatic rings. The van der Waals surface area contributed by atoms with Crippen molar-refractivity contribution in [2.75, 3.05) is 7.11 Å². The Bertz CT molecular complexity index is 1360. The van der Waals surface area contributed by atoms with Crippen molar-refractivity contribution in [1.82, 2.24) is 9.62 Å². The number of hydrogen-bond donors (Lipinski definition) is 1. The van der Waals surface area contributed by atoms with Gasteiger partial charge in [0.2, 0.25) is 0 Å². The van der Waals surface area contributed by atoms with Crippen LogP contribution in [0.2, 0.25) is 0 Å². The largest absolute Gasteiger partial charge is 0.497 e. The van der Waals surface area contributed by atoms with E-state index in [9.17, 15) is 18.0 Å². The van der Waals surface area contributed by atoms with Crippen molar-refractivity contribution in [3.8, 4) is 5.75 Å². The number of nitrogens with zero attached hydrogens (tertiary/aromatic N) is 1. The van der Waals surface area contributed by atoms with E-state index in [1.165, 1.54) is 14.0 Å². The molecule has 0 fully saturated rings. The van der Waals surface area contributed by atoms with E-state index in [2.05, 4.69) is 5.32 Å². The van der Waals surface area contributed by atoms with E-state index in [-0.39, 0.29) is 29.0 Å². The minimum Gasteiger partial charge on any atom is -0.497 e. The summed E-state index contributed by atoms with van der Waals surface area (Å²) in [6, 6.07) is 16.6. The summed E-state index contributed by atoms with van der Waals surface area (Å²) < 4.78 is 37.8. The van der Waals surface area contributed by atoms with Crippen molar-refractivity contribution < 1.29 is 27.2 Å². The van der Waals surface area contributed by atoms with E-state index in [1.807, 2.05) is 13.0 Å². The lowest BCUT2D eigenvalue weighted by molar-refractivity contribution is -0.122. The molecule has 1 aliphatic heterocycles.